The van der Waals surface area contributed by atoms with E-state index in [2.05, 4.69) is 15.3 Å². The molecule has 1 fully saturated rings. The van der Waals surface area contributed by atoms with Crippen molar-refractivity contribution in [3.8, 4) is 0 Å². The lowest BCUT2D eigenvalue weighted by molar-refractivity contribution is -0.121. The van der Waals surface area contributed by atoms with Gasteiger partial charge in [0, 0.05) is 46.5 Å². The van der Waals surface area contributed by atoms with Crippen molar-refractivity contribution in [2.24, 2.45) is 5.92 Å². The van der Waals surface area contributed by atoms with Crippen molar-refractivity contribution in [2.75, 3.05) is 18.4 Å². The fourth-order valence-corrected chi connectivity index (χ4v) is 5.48. The first-order chi connectivity index (χ1) is 17.5. The highest BCUT2D eigenvalue weighted by atomic mass is 32.2. The van der Waals surface area contributed by atoms with Gasteiger partial charge in [-0.2, -0.15) is 0 Å². The Balaban J connectivity index is 1.16. The van der Waals surface area contributed by atoms with Crippen LogP contribution in [-0.4, -0.2) is 39.8 Å². The van der Waals surface area contributed by atoms with Crippen LogP contribution in [0, 0.1) is 19.8 Å². The molecular weight excluding hydrogens is 468 g/mol. The molecule has 0 atom stereocenters. The third-order valence-electron chi connectivity index (χ3n) is 6.47. The van der Waals surface area contributed by atoms with Crippen molar-refractivity contribution in [3.63, 3.8) is 0 Å². The molecule has 0 saturated carbocycles. The third-order valence-corrected chi connectivity index (χ3v) is 7.34. The maximum absolute atomic E-state index is 13.2. The second kappa shape index (κ2) is 10.5. The summed E-state index contributed by atoms with van der Waals surface area (Å²) >= 11 is 1.50. The van der Waals surface area contributed by atoms with Gasteiger partial charge >= 0.3 is 0 Å². The molecule has 1 saturated heterocycles. The molecule has 0 aliphatic carbocycles. The molecule has 5 rings (SSSR count). The van der Waals surface area contributed by atoms with Gasteiger partial charge in [-0.1, -0.05) is 36.4 Å². The van der Waals surface area contributed by atoms with E-state index in [-0.39, 0.29) is 17.7 Å². The normalized spacial score (nSPS) is 14.1. The second-order valence-electron chi connectivity index (χ2n) is 9.14. The molecule has 0 bridgehead atoms. The second-order valence-corrected chi connectivity index (χ2v) is 10.2. The number of hydrogen-bond acceptors (Lipinski definition) is 5. The third kappa shape index (κ3) is 5.41. The predicted molar refractivity (Wildman–Crippen MR) is 143 cm³/mol. The number of anilines is 1. The van der Waals surface area contributed by atoms with Crippen molar-refractivity contribution < 1.29 is 9.59 Å². The number of aromatic nitrogens is 2. The molecular formula is C29H28N4O2S. The molecule has 36 heavy (non-hydrogen) atoms. The maximum atomic E-state index is 13.2. The molecule has 0 radical (unpaired) electrons. The number of piperidine rings is 1. The highest BCUT2D eigenvalue weighted by Crippen LogP contribution is 2.28. The molecule has 7 heteroatoms. The van der Waals surface area contributed by atoms with E-state index >= 15 is 0 Å². The van der Waals surface area contributed by atoms with Crippen LogP contribution in [0.2, 0.25) is 0 Å². The molecule has 1 aliphatic rings. The Hall–Kier alpha value is -3.71. The Morgan fingerprint density at radius 1 is 0.889 bits per heavy atom. The topological polar surface area (TPSA) is 75.2 Å². The number of nitrogens with one attached hydrogen (secondary N) is 1. The first-order valence-electron chi connectivity index (χ1n) is 12.1. The summed E-state index contributed by atoms with van der Waals surface area (Å²) in [6.45, 7) is 5.07. The largest absolute Gasteiger partial charge is 0.339 e. The van der Waals surface area contributed by atoms with E-state index in [4.69, 9.17) is 0 Å². The van der Waals surface area contributed by atoms with E-state index in [0.29, 0.717) is 31.1 Å². The summed E-state index contributed by atoms with van der Waals surface area (Å²) < 4.78 is 0. The van der Waals surface area contributed by atoms with Gasteiger partial charge in [0.1, 0.15) is 0 Å². The molecule has 1 aliphatic heterocycles. The average Bonchev–Trinajstić information content (AvgIpc) is 2.88. The fraction of sp³-hybridized carbons (Fsp3) is 0.241. The Bertz CT molecular complexity index is 1390. The van der Waals surface area contributed by atoms with Crippen LogP contribution in [0.1, 0.15) is 34.6 Å². The average molecular weight is 497 g/mol. The molecule has 0 spiro atoms. The number of nitrogens with zero attached hydrogens (tertiary/aromatic N) is 3. The summed E-state index contributed by atoms with van der Waals surface area (Å²) in [4.78, 5) is 37.9. The summed E-state index contributed by atoms with van der Waals surface area (Å²) in [5.41, 5.74) is 3.37. The molecule has 1 N–H and O–H groups in total. The standard InChI is InChI=1S/C29H28N4O2S/c1-19-18-20(2)31-29(30-19)36-24-12-10-23(11-13-24)32-27(34)22-14-16-33(17-15-22)28(35)26-9-5-7-21-6-3-4-8-25(21)26/h3-13,18,22H,14-17H2,1-2H3,(H,32,34). The van der Waals surface area contributed by atoms with E-state index in [1.807, 2.05) is 91.5 Å². The fourth-order valence-electron chi connectivity index (χ4n) is 4.62. The predicted octanol–water partition coefficient (Wildman–Crippen LogP) is 5.89. The summed E-state index contributed by atoms with van der Waals surface area (Å²) in [5.74, 6) is -0.0730. The van der Waals surface area contributed by atoms with Crippen molar-refractivity contribution in [1.82, 2.24) is 14.9 Å². The van der Waals surface area contributed by atoms with Gasteiger partial charge in [-0.25, -0.2) is 9.97 Å². The Morgan fingerprint density at radius 3 is 2.28 bits per heavy atom. The number of benzene rings is 3. The number of carbonyl (C=O) groups is 2. The van der Waals surface area contributed by atoms with Crippen LogP contribution >= 0.6 is 11.8 Å². The van der Waals surface area contributed by atoms with Gasteiger partial charge in [0.15, 0.2) is 5.16 Å². The van der Waals surface area contributed by atoms with Crippen LogP contribution in [0.25, 0.3) is 10.8 Å². The molecule has 4 aromatic rings. The van der Waals surface area contributed by atoms with Crippen molar-refractivity contribution >= 4 is 40.0 Å². The van der Waals surface area contributed by atoms with Crippen LogP contribution in [0.15, 0.2) is 82.8 Å². The molecule has 2 heterocycles. The number of hydrogen-bond donors (Lipinski definition) is 1. The smallest absolute Gasteiger partial charge is 0.254 e. The first kappa shape index (κ1) is 24.0. The Morgan fingerprint density at radius 2 is 1.56 bits per heavy atom. The van der Waals surface area contributed by atoms with Gasteiger partial charge in [-0.3, -0.25) is 9.59 Å². The van der Waals surface area contributed by atoms with Crippen LogP contribution in [-0.2, 0) is 4.79 Å². The van der Waals surface area contributed by atoms with E-state index in [1.54, 1.807) is 0 Å². The lowest BCUT2D eigenvalue weighted by Crippen LogP contribution is -2.41. The monoisotopic (exact) mass is 496 g/mol. The number of carbonyl (C=O) groups excluding carboxylic acids is 2. The highest BCUT2D eigenvalue weighted by molar-refractivity contribution is 7.99. The van der Waals surface area contributed by atoms with Gasteiger partial charge in [-0.15, -0.1) is 0 Å². The van der Waals surface area contributed by atoms with Crippen molar-refractivity contribution in [1.29, 1.82) is 0 Å². The summed E-state index contributed by atoms with van der Waals surface area (Å²) in [6.07, 6.45) is 1.31. The maximum Gasteiger partial charge on any atom is 0.254 e. The van der Waals surface area contributed by atoms with Crippen LogP contribution in [0.4, 0.5) is 5.69 Å². The summed E-state index contributed by atoms with van der Waals surface area (Å²) in [6, 6.07) is 23.5. The minimum Gasteiger partial charge on any atom is -0.339 e. The van der Waals surface area contributed by atoms with Gasteiger partial charge in [0.05, 0.1) is 0 Å². The van der Waals surface area contributed by atoms with E-state index in [9.17, 15) is 9.59 Å². The number of amides is 2. The molecule has 182 valence electrons. The minimum atomic E-state index is -0.112. The molecule has 0 unspecified atom stereocenters. The summed E-state index contributed by atoms with van der Waals surface area (Å²) in [5, 5.41) is 5.78. The minimum absolute atomic E-state index is 0.00491. The summed E-state index contributed by atoms with van der Waals surface area (Å²) in [7, 11) is 0. The Kier molecular flexibility index (Phi) is 7.00. The van der Waals surface area contributed by atoms with Gasteiger partial charge in [-0.05, 0) is 85.6 Å². The van der Waals surface area contributed by atoms with Gasteiger partial charge < -0.3 is 10.2 Å². The van der Waals surface area contributed by atoms with E-state index in [1.165, 1.54) is 11.8 Å². The molecule has 3 aromatic carbocycles. The number of aryl methyl sites for hydroxylation is 2. The van der Waals surface area contributed by atoms with Gasteiger partial charge in [0.25, 0.3) is 5.91 Å². The van der Waals surface area contributed by atoms with Crippen molar-refractivity contribution in [2.45, 2.75) is 36.7 Å². The Labute approximate surface area is 215 Å². The molecule has 2 amide bonds. The van der Waals surface area contributed by atoms with Crippen LogP contribution < -0.4 is 5.32 Å². The zero-order valence-corrected chi connectivity index (χ0v) is 21.2. The highest BCUT2D eigenvalue weighted by Gasteiger charge is 2.28. The van der Waals surface area contributed by atoms with Crippen molar-refractivity contribution in [3.05, 3.63) is 89.7 Å². The first-order valence-corrected chi connectivity index (χ1v) is 13.0. The van der Waals surface area contributed by atoms with Crippen LogP contribution in [0.3, 0.4) is 0 Å². The van der Waals surface area contributed by atoms with E-state index < -0.39 is 0 Å². The van der Waals surface area contributed by atoms with Gasteiger partial charge in [0.2, 0.25) is 5.91 Å². The lowest BCUT2D eigenvalue weighted by Gasteiger charge is -2.31. The van der Waals surface area contributed by atoms with Crippen LogP contribution in [0.5, 0.6) is 0 Å². The lowest BCUT2D eigenvalue weighted by atomic mass is 9.94. The number of fused-ring (bicyclic) bond motifs is 1. The SMILES string of the molecule is Cc1cc(C)nc(Sc2ccc(NC(=O)C3CCN(C(=O)c4cccc5ccccc45)CC3)cc2)n1. The number of rotatable bonds is 5. The zero-order valence-electron chi connectivity index (χ0n) is 20.4. The molecule has 6 nitrogen and oxygen atoms in total. The molecule has 1 aromatic heterocycles. The number of likely N-dealkylation sites (tertiary alicyclic amines) is 1. The van der Waals surface area contributed by atoms with E-state index in [0.717, 1.165) is 38.3 Å². The quantitative estimate of drug-likeness (QED) is 0.349. The zero-order chi connectivity index (χ0) is 25.1.